The highest BCUT2D eigenvalue weighted by atomic mass is 32.1. The third-order valence-corrected chi connectivity index (χ3v) is 5.27. The lowest BCUT2D eigenvalue weighted by atomic mass is 10.2. The molecule has 2 saturated heterocycles. The second-order valence-electron chi connectivity index (χ2n) is 5.65. The van der Waals surface area contributed by atoms with Gasteiger partial charge in [-0.2, -0.15) is 0 Å². The van der Waals surface area contributed by atoms with Crippen LogP contribution in [0.1, 0.15) is 36.6 Å². The van der Waals surface area contributed by atoms with E-state index in [4.69, 9.17) is 0 Å². The number of amides is 2. The first-order chi connectivity index (χ1) is 9.84. The van der Waals surface area contributed by atoms with Crippen LogP contribution < -0.4 is 5.32 Å². The van der Waals surface area contributed by atoms with Gasteiger partial charge in [-0.05, 0) is 50.2 Å². The van der Waals surface area contributed by atoms with E-state index in [2.05, 4.69) is 27.7 Å². The topological polar surface area (TPSA) is 35.6 Å². The molecule has 110 valence electrons. The van der Waals surface area contributed by atoms with Crippen molar-refractivity contribution in [3.8, 4) is 0 Å². The second kappa shape index (κ2) is 6.59. The van der Waals surface area contributed by atoms with Crippen molar-refractivity contribution in [2.75, 3.05) is 32.7 Å². The summed E-state index contributed by atoms with van der Waals surface area (Å²) in [5.41, 5.74) is 0. The van der Waals surface area contributed by atoms with Crippen molar-refractivity contribution < 1.29 is 4.79 Å². The van der Waals surface area contributed by atoms with Gasteiger partial charge in [0.2, 0.25) is 0 Å². The van der Waals surface area contributed by atoms with Crippen LogP contribution in [0.2, 0.25) is 0 Å². The van der Waals surface area contributed by atoms with Gasteiger partial charge in [0.25, 0.3) is 0 Å². The van der Waals surface area contributed by atoms with Gasteiger partial charge in [-0.1, -0.05) is 6.07 Å². The molecule has 2 amide bonds. The van der Waals surface area contributed by atoms with Crippen molar-refractivity contribution >= 4 is 17.4 Å². The summed E-state index contributed by atoms with van der Waals surface area (Å²) in [5, 5.41) is 5.27. The number of urea groups is 1. The van der Waals surface area contributed by atoms with Crippen molar-refractivity contribution in [2.45, 2.75) is 31.7 Å². The van der Waals surface area contributed by atoms with E-state index in [0.29, 0.717) is 6.04 Å². The number of carbonyl (C=O) groups is 1. The van der Waals surface area contributed by atoms with Crippen LogP contribution in [0.25, 0.3) is 0 Å². The van der Waals surface area contributed by atoms with Crippen LogP contribution in [-0.2, 0) is 0 Å². The highest BCUT2D eigenvalue weighted by Gasteiger charge is 2.26. The molecule has 0 spiro atoms. The number of rotatable bonds is 4. The average Bonchev–Trinajstić information content (AvgIpc) is 3.22. The highest BCUT2D eigenvalue weighted by Crippen LogP contribution is 2.27. The first-order valence-electron chi connectivity index (χ1n) is 7.65. The summed E-state index contributed by atoms with van der Waals surface area (Å²) in [6.45, 7) is 4.87. The van der Waals surface area contributed by atoms with Crippen molar-refractivity contribution in [2.24, 2.45) is 0 Å². The molecule has 1 aromatic rings. The van der Waals surface area contributed by atoms with Gasteiger partial charge in [0, 0.05) is 24.5 Å². The molecule has 1 atom stereocenters. The SMILES string of the molecule is O=C(NCC(c1cccs1)N1CCCC1)N1CCCC1. The molecule has 20 heavy (non-hydrogen) atoms. The summed E-state index contributed by atoms with van der Waals surface area (Å²) in [4.78, 5) is 18.0. The molecule has 1 aromatic heterocycles. The first-order valence-corrected chi connectivity index (χ1v) is 8.53. The molecule has 5 heteroatoms. The summed E-state index contributed by atoms with van der Waals surface area (Å²) in [7, 11) is 0. The third kappa shape index (κ3) is 3.15. The van der Waals surface area contributed by atoms with Gasteiger partial charge < -0.3 is 10.2 Å². The van der Waals surface area contributed by atoms with Crippen LogP contribution in [0.15, 0.2) is 17.5 Å². The molecule has 0 aliphatic carbocycles. The quantitative estimate of drug-likeness (QED) is 0.926. The first kappa shape index (κ1) is 13.9. The van der Waals surface area contributed by atoms with Gasteiger partial charge in [-0.25, -0.2) is 4.79 Å². The third-order valence-electron chi connectivity index (χ3n) is 4.29. The number of carbonyl (C=O) groups excluding carboxylic acids is 1. The molecule has 1 N–H and O–H groups in total. The zero-order chi connectivity index (χ0) is 13.8. The van der Waals surface area contributed by atoms with E-state index in [1.807, 2.05) is 4.90 Å². The Bertz CT molecular complexity index is 422. The van der Waals surface area contributed by atoms with Crippen LogP contribution in [0, 0.1) is 0 Å². The Morgan fingerprint density at radius 2 is 1.90 bits per heavy atom. The molecule has 2 aliphatic rings. The van der Waals surface area contributed by atoms with Crippen LogP contribution in [0.3, 0.4) is 0 Å². The van der Waals surface area contributed by atoms with E-state index in [-0.39, 0.29) is 6.03 Å². The van der Waals surface area contributed by atoms with Crippen LogP contribution in [-0.4, -0.2) is 48.6 Å². The van der Waals surface area contributed by atoms with Gasteiger partial charge in [0.1, 0.15) is 0 Å². The Hall–Kier alpha value is -1.07. The molecule has 0 radical (unpaired) electrons. The minimum Gasteiger partial charge on any atom is -0.336 e. The smallest absolute Gasteiger partial charge is 0.317 e. The Kier molecular flexibility index (Phi) is 4.58. The summed E-state index contributed by atoms with van der Waals surface area (Å²) in [6.07, 6.45) is 4.85. The molecule has 4 nitrogen and oxygen atoms in total. The largest absolute Gasteiger partial charge is 0.336 e. The van der Waals surface area contributed by atoms with Gasteiger partial charge >= 0.3 is 6.03 Å². The second-order valence-corrected chi connectivity index (χ2v) is 6.63. The number of likely N-dealkylation sites (tertiary alicyclic amines) is 2. The fraction of sp³-hybridized carbons (Fsp3) is 0.667. The maximum atomic E-state index is 12.1. The molecule has 1 unspecified atom stereocenters. The van der Waals surface area contributed by atoms with E-state index >= 15 is 0 Å². The lowest BCUT2D eigenvalue weighted by molar-refractivity contribution is 0.197. The number of nitrogens with one attached hydrogen (secondary N) is 1. The minimum absolute atomic E-state index is 0.114. The molecule has 0 bridgehead atoms. The zero-order valence-electron chi connectivity index (χ0n) is 11.9. The van der Waals surface area contributed by atoms with Crippen molar-refractivity contribution in [3.05, 3.63) is 22.4 Å². The number of thiophene rings is 1. The summed E-state index contributed by atoms with van der Waals surface area (Å²) in [5.74, 6) is 0. The molecule has 0 saturated carbocycles. The van der Waals surface area contributed by atoms with Gasteiger partial charge in [0.15, 0.2) is 0 Å². The van der Waals surface area contributed by atoms with E-state index in [9.17, 15) is 4.79 Å². The van der Waals surface area contributed by atoms with E-state index in [1.165, 1.54) is 17.7 Å². The summed E-state index contributed by atoms with van der Waals surface area (Å²) >= 11 is 1.80. The molecule has 3 heterocycles. The van der Waals surface area contributed by atoms with Gasteiger partial charge in [0.05, 0.1) is 6.04 Å². The Balaban J connectivity index is 1.59. The predicted octanol–water partition coefficient (Wildman–Crippen LogP) is 2.69. The summed E-state index contributed by atoms with van der Waals surface area (Å²) in [6, 6.07) is 4.76. The van der Waals surface area contributed by atoms with Crippen LogP contribution in [0.4, 0.5) is 4.79 Å². The minimum atomic E-state index is 0.114. The average molecular weight is 293 g/mol. The Morgan fingerprint density at radius 3 is 2.55 bits per heavy atom. The molecule has 2 aliphatic heterocycles. The summed E-state index contributed by atoms with van der Waals surface area (Å²) < 4.78 is 0. The van der Waals surface area contributed by atoms with Gasteiger partial charge in [-0.3, -0.25) is 4.90 Å². The molecule has 3 rings (SSSR count). The van der Waals surface area contributed by atoms with E-state index < -0.39 is 0 Å². The number of hydrogen-bond acceptors (Lipinski definition) is 3. The fourth-order valence-electron chi connectivity index (χ4n) is 3.16. The standard InChI is InChI=1S/C15H23N3OS/c19-15(18-9-3-4-10-18)16-12-13(14-6-5-11-20-14)17-7-1-2-8-17/h5-6,11,13H,1-4,7-10,12H2,(H,16,19). The zero-order valence-corrected chi connectivity index (χ0v) is 12.7. The molecule has 2 fully saturated rings. The molecule has 0 aromatic carbocycles. The monoisotopic (exact) mass is 293 g/mol. The Morgan fingerprint density at radius 1 is 1.20 bits per heavy atom. The maximum Gasteiger partial charge on any atom is 0.317 e. The van der Waals surface area contributed by atoms with Crippen molar-refractivity contribution in [3.63, 3.8) is 0 Å². The molecular weight excluding hydrogens is 270 g/mol. The van der Waals surface area contributed by atoms with Crippen LogP contribution in [0.5, 0.6) is 0 Å². The fourth-order valence-corrected chi connectivity index (χ4v) is 4.02. The van der Waals surface area contributed by atoms with Gasteiger partial charge in [-0.15, -0.1) is 11.3 Å². The molecular formula is C15H23N3OS. The van der Waals surface area contributed by atoms with Crippen molar-refractivity contribution in [1.29, 1.82) is 0 Å². The van der Waals surface area contributed by atoms with E-state index in [0.717, 1.165) is 45.6 Å². The van der Waals surface area contributed by atoms with Crippen LogP contribution >= 0.6 is 11.3 Å². The highest BCUT2D eigenvalue weighted by molar-refractivity contribution is 7.10. The van der Waals surface area contributed by atoms with E-state index in [1.54, 1.807) is 11.3 Å². The normalized spacial score (nSPS) is 21.3. The van der Waals surface area contributed by atoms with Crippen molar-refractivity contribution in [1.82, 2.24) is 15.1 Å². The lowest BCUT2D eigenvalue weighted by Crippen LogP contribution is -2.42. The Labute approximate surface area is 124 Å². The lowest BCUT2D eigenvalue weighted by Gasteiger charge is -2.28. The predicted molar refractivity (Wildman–Crippen MR) is 82.1 cm³/mol. The number of hydrogen-bond donors (Lipinski definition) is 1. The number of nitrogens with zero attached hydrogens (tertiary/aromatic N) is 2. The maximum absolute atomic E-state index is 12.1.